The van der Waals surface area contributed by atoms with E-state index < -0.39 is 17.9 Å². The molecule has 0 aliphatic heterocycles. The highest BCUT2D eigenvalue weighted by atomic mass is 16.6. The third-order valence-corrected chi connectivity index (χ3v) is 9.38. The van der Waals surface area contributed by atoms with E-state index in [1.165, 1.54) is 69.6 Å². The number of ether oxygens (including phenoxy) is 6. The van der Waals surface area contributed by atoms with Crippen molar-refractivity contribution < 1.29 is 47.6 Å². The first-order chi connectivity index (χ1) is 28.3. The Kier molecular flexibility index (Phi) is 19.9. The quantitative estimate of drug-likeness (QED) is 0.0249. The summed E-state index contributed by atoms with van der Waals surface area (Å²) in [6.07, 6.45) is 14.3. The molecule has 0 unspecified atom stereocenters. The second-order valence-corrected chi connectivity index (χ2v) is 14.0. The Labute approximate surface area is 343 Å². The van der Waals surface area contributed by atoms with Crippen LogP contribution in [0, 0.1) is 0 Å². The number of carbonyl (C=O) groups is 4. The Morgan fingerprint density at radius 1 is 0.414 bits per heavy atom. The summed E-state index contributed by atoms with van der Waals surface area (Å²) < 4.78 is 34.2. The summed E-state index contributed by atoms with van der Waals surface area (Å²) in [5.74, 6) is -0.378. The second-order valence-electron chi connectivity index (χ2n) is 14.0. The summed E-state index contributed by atoms with van der Waals surface area (Å²) in [5.41, 5.74) is 0.997. The highest BCUT2D eigenvalue weighted by Crippen LogP contribution is 2.28. The van der Waals surface area contributed by atoms with Crippen LogP contribution < -0.4 is 23.7 Å². The van der Waals surface area contributed by atoms with Crippen LogP contribution in [0.5, 0.6) is 28.7 Å². The lowest BCUT2D eigenvalue weighted by Gasteiger charge is -2.13. The van der Waals surface area contributed by atoms with Crippen LogP contribution >= 0.6 is 0 Å². The topological polar surface area (TPSA) is 124 Å². The molecule has 0 saturated carbocycles. The molecule has 0 fully saturated rings. The molecule has 0 aromatic heterocycles. The van der Waals surface area contributed by atoms with E-state index in [4.69, 9.17) is 28.4 Å². The zero-order valence-electron chi connectivity index (χ0n) is 34.3. The summed E-state index contributed by atoms with van der Waals surface area (Å²) >= 11 is 0. The van der Waals surface area contributed by atoms with E-state index in [0.717, 1.165) is 25.7 Å². The van der Waals surface area contributed by atoms with E-state index in [0.29, 0.717) is 42.4 Å². The van der Waals surface area contributed by atoms with Gasteiger partial charge in [0.2, 0.25) is 0 Å². The van der Waals surface area contributed by atoms with Crippen LogP contribution in [0.2, 0.25) is 0 Å². The van der Waals surface area contributed by atoms with E-state index in [9.17, 15) is 19.2 Å². The SMILES string of the molecule is CCCCCCCCOc1ccc(C(=O)Oc2ccc(OC(=O)c3ccc(OCCCCCCCC)cc3)c(C(=O)OCCOc3ccc(C(=O)CC)cc3)c2)cc1. The van der Waals surface area contributed by atoms with Crippen molar-refractivity contribution in [1.82, 2.24) is 0 Å². The van der Waals surface area contributed by atoms with Gasteiger partial charge in [0.15, 0.2) is 5.78 Å². The summed E-state index contributed by atoms with van der Waals surface area (Å²) in [4.78, 5) is 51.7. The molecule has 10 heteroatoms. The van der Waals surface area contributed by atoms with Crippen molar-refractivity contribution in [3.05, 3.63) is 113 Å². The molecule has 0 radical (unpaired) electrons. The standard InChI is InChI=1S/C48H58O10/c1-4-7-9-11-13-15-31-53-39-25-19-37(20-26-39)46(50)57-42-29-30-45(58-47(51)38-21-27-40(28-22-38)54-32-16-14-12-10-8-5-2)43(35-42)48(52)56-34-33-55-41-23-17-36(18-24-41)44(49)6-3/h17-30,35H,4-16,31-34H2,1-3H3. The van der Waals surface area contributed by atoms with Crippen LogP contribution in [0.3, 0.4) is 0 Å². The lowest BCUT2D eigenvalue weighted by atomic mass is 10.1. The molecule has 0 N–H and O–H groups in total. The third kappa shape index (κ3) is 15.7. The number of ketones is 1. The van der Waals surface area contributed by atoms with Gasteiger partial charge in [0.25, 0.3) is 0 Å². The lowest BCUT2D eigenvalue weighted by molar-refractivity contribution is 0.0443. The van der Waals surface area contributed by atoms with Gasteiger partial charge in [-0.15, -0.1) is 0 Å². The molecule has 0 saturated heterocycles. The molecule has 4 aromatic carbocycles. The van der Waals surface area contributed by atoms with Gasteiger partial charge in [0, 0.05) is 12.0 Å². The molecule has 0 atom stereocenters. The van der Waals surface area contributed by atoms with Crippen LogP contribution in [0.1, 0.15) is 146 Å². The van der Waals surface area contributed by atoms with Gasteiger partial charge in [0.1, 0.15) is 47.5 Å². The number of unbranched alkanes of at least 4 members (excludes halogenated alkanes) is 10. The fourth-order valence-corrected chi connectivity index (χ4v) is 5.98. The molecule has 0 aliphatic carbocycles. The first-order valence-electron chi connectivity index (χ1n) is 20.8. The molecular formula is C48H58O10. The predicted molar refractivity (Wildman–Crippen MR) is 224 cm³/mol. The van der Waals surface area contributed by atoms with Gasteiger partial charge in [-0.3, -0.25) is 4.79 Å². The molecule has 0 heterocycles. The second kappa shape index (κ2) is 25.6. The summed E-state index contributed by atoms with van der Waals surface area (Å²) in [7, 11) is 0. The molecular weight excluding hydrogens is 737 g/mol. The Bertz CT molecular complexity index is 1850. The number of esters is 3. The van der Waals surface area contributed by atoms with E-state index in [1.807, 2.05) is 0 Å². The molecule has 10 nitrogen and oxygen atoms in total. The number of hydrogen-bond donors (Lipinski definition) is 0. The normalized spacial score (nSPS) is 10.7. The average Bonchev–Trinajstić information content (AvgIpc) is 3.25. The third-order valence-electron chi connectivity index (χ3n) is 9.38. The molecule has 4 aromatic rings. The van der Waals surface area contributed by atoms with Crippen molar-refractivity contribution in [1.29, 1.82) is 0 Å². The van der Waals surface area contributed by atoms with Gasteiger partial charge in [-0.2, -0.15) is 0 Å². The highest BCUT2D eigenvalue weighted by Gasteiger charge is 2.21. The van der Waals surface area contributed by atoms with E-state index in [-0.39, 0.29) is 47.2 Å². The van der Waals surface area contributed by atoms with Gasteiger partial charge in [-0.05, 0) is 104 Å². The van der Waals surface area contributed by atoms with Crippen molar-refractivity contribution in [2.24, 2.45) is 0 Å². The largest absolute Gasteiger partial charge is 0.494 e. The minimum absolute atomic E-state index is 0.0164. The minimum Gasteiger partial charge on any atom is -0.494 e. The first-order valence-corrected chi connectivity index (χ1v) is 20.8. The van der Waals surface area contributed by atoms with Gasteiger partial charge < -0.3 is 28.4 Å². The van der Waals surface area contributed by atoms with Crippen LogP contribution in [-0.4, -0.2) is 50.1 Å². The molecule has 58 heavy (non-hydrogen) atoms. The Balaban J connectivity index is 1.38. The van der Waals surface area contributed by atoms with Crippen molar-refractivity contribution >= 4 is 23.7 Å². The van der Waals surface area contributed by atoms with Gasteiger partial charge in [-0.1, -0.05) is 85.0 Å². The number of carbonyl (C=O) groups excluding carboxylic acids is 4. The molecule has 4 rings (SSSR count). The maximum Gasteiger partial charge on any atom is 0.343 e. The molecule has 310 valence electrons. The van der Waals surface area contributed by atoms with E-state index >= 15 is 0 Å². The first kappa shape index (κ1) is 45.1. The van der Waals surface area contributed by atoms with E-state index in [1.54, 1.807) is 79.7 Å². The summed E-state index contributed by atoms with van der Waals surface area (Å²) in [6.45, 7) is 7.26. The fourth-order valence-electron chi connectivity index (χ4n) is 5.98. The lowest BCUT2D eigenvalue weighted by Crippen LogP contribution is -2.16. The number of rotatable bonds is 27. The maximum absolute atomic E-state index is 13.4. The Hall–Kier alpha value is -5.64. The zero-order valence-corrected chi connectivity index (χ0v) is 34.3. The van der Waals surface area contributed by atoms with Crippen LogP contribution in [-0.2, 0) is 4.74 Å². The van der Waals surface area contributed by atoms with Crippen molar-refractivity contribution in [2.45, 2.75) is 104 Å². The number of Topliss-reactive ketones (excluding diaryl/α,β-unsaturated/α-hetero) is 1. The summed E-state index contributed by atoms with van der Waals surface area (Å²) in [6, 6.07) is 24.1. The zero-order chi connectivity index (χ0) is 41.4. The molecule has 0 aliphatic rings. The Morgan fingerprint density at radius 2 is 0.845 bits per heavy atom. The summed E-state index contributed by atoms with van der Waals surface area (Å²) in [5, 5.41) is 0. The minimum atomic E-state index is -0.821. The predicted octanol–water partition coefficient (Wildman–Crippen LogP) is 11.4. The van der Waals surface area contributed by atoms with Crippen LogP contribution in [0.15, 0.2) is 91.0 Å². The van der Waals surface area contributed by atoms with Gasteiger partial charge >= 0.3 is 17.9 Å². The van der Waals surface area contributed by atoms with Crippen molar-refractivity contribution in [3.63, 3.8) is 0 Å². The number of benzene rings is 4. The number of hydrogen-bond acceptors (Lipinski definition) is 10. The van der Waals surface area contributed by atoms with Crippen molar-refractivity contribution in [2.75, 3.05) is 26.4 Å². The Morgan fingerprint density at radius 3 is 1.34 bits per heavy atom. The highest BCUT2D eigenvalue weighted by molar-refractivity contribution is 5.97. The smallest absolute Gasteiger partial charge is 0.343 e. The van der Waals surface area contributed by atoms with Gasteiger partial charge in [0.05, 0.1) is 24.3 Å². The monoisotopic (exact) mass is 794 g/mol. The maximum atomic E-state index is 13.4. The average molecular weight is 795 g/mol. The molecule has 0 bridgehead atoms. The van der Waals surface area contributed by atoms with Crippen molar-refractivity contribution in [3.8, 4) is 28.7 Å². The molecule has 0 amide bonds. The van der Waals surface area contributed by atoms with Crippen LogP contribution in [0.4, 0.5) is 0 Å². The molecule has 0 spiro atoms. The van der Waals surface area contributed by atoms with Crippen LogP contribution in [0.25, 0.3) is 0 Å². The fraction of sp³-hybridized carbons (Fsp3) is 0.417. The van der Waals surface area contributed by atoms with E-state index in [2.05, 4.69) is 13.8 Å². The van der Waals surface area contributed by atoms with Gasteiger partial charge in [-0.25, -0.2) is 14.4 Å².